The van der Waals surface area contributed by atoms with Crippen LogP contribution in [0.15, 0.2) is 18.2 Å². The summed E-state index contributed by atoms with van der Waals surface area (Å²) in [5, 5.41) is 0.338. The minimum atomic E-state index is -0.0631. The summed E-state index contributed by atoms with van der Waals surface area (Å²) in [7, 11) is 1.64. The van der Waals surface area contributed by atoms with Gasteiger partial charge >= 0.3 is 0 Å². The van der Waals surface area contributed by atoms with Gasteiger partial charge in [-0.2, -0.15) is 11.8 Å². The van der Waals surface area contributed by atoms with Crippen molar-refractivity contribution in [3.63, 3.8) is 0 Å². The van der Waals surface area contributed by atoms with Gasteiger partial charge in [0.1, 0.15) is 0 Å². The number of nitrogen functional groups attached to an aromatic ring is 1. The molecule has 1 heterocycles. The molecule has 110 valence electrons. The summed E-state index contributed by atoms with van der Waals surface area (Å²) in [5.74, 6) is 1.99. The Morgan fingerprint density at radius 2 is 2.40 bits per heavy atom. The molecule has 0 radical (unpaired) electrons. The molecule has 1 saturated heterocycles. The molecule has 1 aliphatic heterocycles. The van der Waals surface area contributed by atoms with Crippen LogP contribution in [0.3, 0.4) is 0 Å². The van der Waals surface area contributed by atoms with Gasteiger partial charge in [0.25, 0.3) is 5.91 Å². The van der Waals surface area contributed by atoms with Crippen molar-refractivity contribution in [2.75, 3.05) is 37.5 Å². The van der Waals surface area contributed by atoms with Gasteiger partial charge in [0.15, 0.2) is 0 Å². The van der Waals surface area contributed by atoms with E-state index >= 15 is 0 Å². The molecule has 1 aliphatic rings. The zero-order valence-corrected chi connectivity index (χ0v) is 13.0. The number of halogens is 1. The Kier molecular flexibility index (Phi) is 5.57. The number of benzene rings is 1. The molecular weight excluding hydrogens is 296 g/mol. The Hall–Kier alpha value is -0.910. The van der Waals surface area contributed by atoms with E-state index in [4.69, 9.17) is 22.1 Å². The van der Waals surface area contributed by atoms with Gasteiger partial charge in [-0.05, 0) is 24.3 Å². The standard InChI is InChI=1S/C14H19ClN2O2S/c1-19-7-6-17(10-5-8-20-9-10)14(18)11-3-2-4-12(16)13(11)15/h2-4,10H,5-9,16H2,1H3. The van der Waals surface area contributed by atoms with E-state index in [9.17, 15) is 4.79 Å². The Morgan fingerprint density at radius 1 is 1.60 bits per heavy atom. The third-order valence-corrected chi connectivity index (χ3v) is 4.97. The minimum Gasteiger partial charge on any atom is -0.398 e. The molecule has 2 N–H and O–H groups in total. The number of nitrogens with two attached hydrogens (primary N) is 1. The third-order valence-electron chi connectivity index (χ3n) is 3.40. The average Bonchev–Trinajstić information content (AvgIpc) is 2.96. The maximum absolute atomic E-state index is 12.7. The fourth-order valence-electron chi connectivity index (χ4n) is 2.28. The van der Waals surface area contributed by atoms with Crippen LogP contribution in [-0.4, -0.2) is 48.6 Å². The number of rotatable bonds is 5. The van der Waals surface area contributed by atoms with E-state index in [2.05, 4.69) is 0 Å². The van der Waals surface area contributed by atoms with Gasteiger partial charge < -0.3 is 15.4 Å². The van der Waals surface area contributed by atoms with Crippen LogP contribution in [0.1, 0.15) is 16.8 Å². The second-order valence-corrected chi connectivity index (χ2v) is 6.25. The molecule has 1 unspecified atom stereocenters. The first-order chi connectivity index (χ1) is 9.65. The average molecular weight is 315 g/mol. The van der Waals surface area contributed by atoms with Crippen LogP contribution < -0.4 is 5.73 Å². The topological polar surface area (TPSA) is 55.6 Å². The number of carbonyl (C=O) groups is 1. The van der Waals surface area contributed by atoms with Crippen molar-refractivity contribution in [2.45, 2.75) is 12.5 Å². The van der Waals surface area contributed by atoms with Crippen molar-refractivity contribution in [3.05, 3.63) is 28.8 Å². The summed E-state index contributed by atoms with van der Waals surface area (Å²) in [6.07, 6.45) is 1.01. The van der Waals surface area contributed by atoms with Gasteiger partial charge in [-0.1, -0.05) is 17.7 Å². The fraction of sp³-hybridized carbons (Fsp3) is 0.500. The molecule has 0 saturated carbocycles. The first-order valence-electron chi connectivity index (χ1n) is 6.56. The molecule has 0 bridgehead atoms. The molecule has 1 aromatic rings. The highest BCUT2D eigenvalue weighted by Gasteiger charge is 2.28. The van der Waals surface area contributed by atoms with Crippen molar-refractivity contribution in [3.8, 4) is 0 Å². The Balaban J connectivity index is 2.22. The van der Waals surface area contributed by atoms with E-state index in [1.54, 1.807) is 25.3 Å². The molecule has 1 atom stereocenters. The van der Waals surface area contributed by atoms with Gasteiger partial charge in [0.05, 0.1) is 22.9 Å². The molecule has 0 spiro atoms. The van der Waals surface area contributed by atoms with Gasteiger partial charge in [-0.25, -0.2) is 0 Å². The number of anilines is 1. The molecule has 6 heteroatoms. The van der Waals surface area contributed by atoms with Crippen LogP contribution in [-0.2, 0) is 4.74 Å². The number of ether oxygens (including phenoxy) is 1. The van der Waals surface area contributed by atoms with Crippen LogP contribution in [0.2, 0.25) is 5.02 Å². The maximum atomic E-state index is 12.7. The smallest absolute Gasteiger partial charge is 0.255 e. The quantitative estimate of drug-likeness (QED) is 0.849. The number of amides is 1. The number of nitrogens with zero attached hydrogens (tertiary/aromatic N) is 1. The molecule has 1 fully saturated rings. The van der Waals surface area contributed by atoms with Crippen LogP contribution in [0.5, 0.6) is 0 Å². The first-order valence-corrected chi connectivity index (χ1v) is 8.10. The summed E-state index contributed by atoms with van der Waals surface area (Å²) in [4.78, 5) is 14.6. The summed E-state index contributed by atoms with van der Waals surface area (Å²) >= 11 is 8.04. The Labute approximate surface area is 128 Å². The Morgan fingerprint density at radius 3 is 3.05 bits per heavy atom. The van der Waals surface area contributed by atoms with Crippen LogP contribution in [0.25, 0.3) is 0 Å². The van der Waals surface area contributed by atoms with Crippen LogP contribution >= 0.6 is 23.4 Å². The summed E-state index contributed by atoms with van der Waals surface area (Å²) in [5.41, 5.74) is 6.69. The predicted molar refractivity (Wildman–Crippen MR) is 84.5 cm³/mol. The molecular formula is C14H19ClN2O2S. The van der Waals surface area contributed by atoms with Crippen molar-refractivity contribution < 1.29 is 9.53 Å². The van der Waals surface area contributed by atoms with Gasteiger partial charge in [-0.15, -0.1) is 0 Å². The highest BCUT2D eigenvalue weighted by atomic mass is 35.5. The molecule has 1 aromatic carbocycles. The highest BCUT2D eigenvalue weighted by molar-refractivity contribution is 7.99. The van der Waals surface area contributed by atoms with Crippen molar-refractivity contribution in [1.82, 2.24) is 4.90 Å². The third kappa shape index (κ3) is 3.40. The van der Waals surface area contributed by atoms with E-state index < -0.39 is 0 Å². The highest BCUT2D eigenvalue weighted by Crippen LogP contribution is 2.28. The van der Waals surface area contributed by atoms with Crippen LogP contribution in [0.4, 0.5) is 5.69 Å². The lowest BCUT2D eigenvalue weighted by atomic mass is 10.1. The normalized spacial score (nSPS) is 18.2. The number of thioether (sulfide) groups is 1. The molecule has 0 aliphatic carbocycles. The van der Waals surface area contributed by atoms with Gasteiger partial charge in [-0.3, -0.25) is 4.79 Å². The van der Waals surface area contributed by atoms with E-state index in [-0.39, 0.29) is 11.9 Å². The zero-order valence-electron chi connectivity index (χ0n) is 11.5. The SMILES string of the molecule is COCCN(C(=O)c1cccc(N)c1Cl)C1CCSC1. The lowest BCUT2D eigenvalue weighted by molar-refractivity contribution is 0.0625. The lowest BCUT2D eigenvalue weighted by Crippen LogP contribution is -2.42. The molecule has 4 nitrogen and oxygen atoms in total. The zero-order chi connectivity index (χ0) is 14.5. The number of hydrogen-bond donors (Lipinski definition) is 1. The van der Waals surface area contributed by atoms with E-state index in [1.165, 1.54) is 0 Å². The maximum Gasteiger partial charge on any atom is 0.255 e. The lowest BCUT2D eigenvalue weighted by Gasteiger charge is -2.29. The van der Waals surface area contributed by atoms with Gasteiger partial charge in [0, 0.05) is 25.4 Å². The largest absolute Gasteiger partial charge is 0.398 e. The number of hydrogen-bond acceptors (Lipinski definition) is 4. The summed E-state index contributed by atoms with van der Waals surface area (Å²) < 4.78 is 5.11. The summed E-state index contributed by atoms with van der Waals surface area (Å²) in [6, 6.07) is 5.43. The minimum absolute atomic E-state index is 0.0631. The molecule has 2 rings (SSSR count). The van der Waals surface area contributed by atoms with Crippen molar-refractivity contribution in [1.29, 1.82) is 0 Å². The van der Waals surface area contributed by atoms with E-state index in [0.29, 0.717) is 29.4 Å². The molecule has 20 heavy (non-hydrogen) atoms. The van der Waals surface area contributed by atoms with Gasteiger partial charge in [0.2, 0.25) is 0 Å². The Bertz CT molecular complexity index is 478. The monoisotopic (exact) mass is 314 g/mol. The molecule has 0 aromatic heterocycles. The second-order valence-electron chi connectivity index (χ2n) is 4.72. The first kappa shape index (κ1) is 15.5. The molecule has 1 amide bonds. The summed E-state index contributed by atoms with van der Waals surface area (Å²) in [6.45, 7) is 1.10. The van der Waals surface area contributed by atoms with Crippen molar-refractivity contribution >= 4 is 35.0 Å². The van der Waals surface area contributed by atoms with Crippen molar-refractivity contribution in [2.24, 2.45) is 0 Å². The second kappa shape index (κ2) is 7.20. The fourth-order valence-corrected chi connectivity index (χ4v) is 3.71. The van der Waals surface area contributed by atoms with E-state index in [1.807, 2.05) is 16.7 Å². The predicted octanol–water partition coefficient (Wildman–Crippen LogP) is 2.52. The number of methoxy groups -OCH3 is 1. The van der Waals surface area contributed by atoms with E-state index in [0.717, 1.165) is 17.9 Å². The van der Waals surface area contributed by atoms with Crippen LogP contribution in [0, 0.1) is 0 Å². The number of carbonyl (C=O) groups excluding carboxylic acids is 1.